The van der Waals surface area contributed by atoms with Crippen LogP contribution >= 0.6 is 0 Å². The maximum Gasteiger partial charge on any atom is 0.319 e. The number of carbonyl (C=O) groups excluding carboxylic acids is 4. The SMILES string of the molecule is C=C(OC(=O)C(C)(C)CC(C)(CC)C(=O)Oc1ccc(OC(C)(C)C)cc1)Oc1ccccc1.C=C(OC(=O)C(C)(C)CC(C)(CC)C(=O)Oc1ccc(O[Si](C)(C)C)cc1)Oc1ccccc1. The van der Waals surface area contributed by atoms with Crippen LogP contribution in [0.15, 0.2) is 134 Å². The Balaban J connectivity index is 0.000000360. The zero-order chi connectivity index (χ0) is 51.1. The highest BCUT2D eigenvalue weighted by Gasteiger charge is 2.45. The third kappa shape index (κ3) is 18.4. The van der Waals surface area contributed by atoms with Gasteiger partial charge in [0, 0.05) is 0 Å². The number of carbonyl (C=O) groups is 4. The topological polar surface area (TPSA) is 142 Å². The van der Waals surface area contributed by atoms with Crippen LogP contribution in [0.4, 0.5) is 0 Å². The lowest BCUT2D eigenvalue weighted by Gasteiger charge is -2.33. The molecule has 4 aromatic rings. The van der Waals surface area contributed by atoms with E-state index < -0.39 is 53.9 Å². The van der Waals surface area contributed by atoms with Crippen LogP contribution in [-0.4, -0.2) is 37.8 Å². The molecule has 0 heterocycles. The fourth-order valence-corrected chi connectivity index (χ4v) is 7.71. The first kappa shape index (κ1) is 56.0. The van der Waals surface area contributed by atoms with Gasteiger partial charge in [0.1, 0.15) is 40.1 Å². The van der Waals surface area contributed by atoms with Gasteiger partial charge in [-0.2, -0.15) is 0 Å². The van der Waals surface area contributed by atoms with E-state index in [-0.39, 0.29) is 30.3 Å². The lowest BCUT2D eigenvalue weighted by atomic mass is 9.72. The van der Waals surface area contributed by atoms with E-state index in [2.05, 4.69) is 32.8 Å². The third-order valence-corrected chi connectivity index (χ3v) is 11.4. The first-order chi connectivity index (χ1) is 31.5. The first-order valence-electron chi connectivity index (χ1n) is 22.8. The lowest BCUT2D eigenvalue weighted by molar-refractivity contribution is -0.159. The van der Waals surface area contributed by atoms with E-state index in [9.17, 15) is 19.2 Å². The minimum absolute atomic E-state index is 0.120. The normalized spacial score (nSPS) is 13.4. The molecule has 0 radical (unpaired) electrons. The van der Waals surface area contributed by atoms with Crippen molar-refractivity contribution in [3.05, 3.63) is 134 Å². The van der Waals surface area contributed by atoms with Gasteiger partial charge in [0.15, 0.2) is 0 Å². The molecule has 0 aliphatic rings. The van der Waals surface area contributed by atoms with Crippen molar-refractivity contribution in [2.45, 2.75) is 127 Å². The van der Waals surface area contributed by atoms with Gasteiger partial charge in [-0.1, -0.05) is 50.2 Å². The van der Waals surface area contributed by atoms with Gasteiger partial charge in [-0.05, 0) is 194 Å². The van der Waals surface area contributed by atoms with E-state index >= 15 is 0 Å². The van der Waals surface area contributed by atoms with E-state index in [0.29, 0.717) is 41.6 Å². The van der Waals surface area contributed by atoms with Gasteiger partial charge in [0.2, 0.25) is 8.32 Å². The minimum Gasteiger partial charge on any atom is -0.544 e. The molecule has 0 aromatic heterocycles. The number of rotatable bonds is 21. The summed E-state index contributed by atoms with van der Waals surface area (Å²) in [6, 6.07) is 31.8. The van der Waals surface area contributed by atoms with Gasteiger partial charge in [0.05, 0.1) is 21.7 Å². The molecular weight excluding hydrogens is 881 g/mol. The molecule has 0 bridgehead atoms. The van der Waals surface area contributed by atoms with Crippen LogP contribution in [-0.2, 0) is 28.7 Å². The molecule has 4 aromatic carbocycles. The first-order valence-corrected chi connectivity index (χ1v) is 26.2. The zero-order valence-corrected chi connectivity index (χ0v) is 43.5. The van der Waals surface area contributed by atoms with Crippen LogP contribution in [0.25, 0.3) is 0 Å². The molecule has 0 N–H and O–H groups in total. The molecule has 2 atom stereocenters. The van der Waals surface area contributed by atoms with Crippen LogP contribution in [0.3, 0.4) is 0 Å². The Hall–Kier alpha value is -6.34. The molecule has 368 valence electrons. The highest BCUT2D eigenvalue weighted by molar-refractivity contribution is 6.70. The third-order valence-electron chi connectivity index (χ3n) is 10.6. The van der Waals surface area contributed by atoms with Crippen molar-refractivity contribution in [1.82, 2.24) is 0 Å². The Bertz CT molecular complexity index is 2140. The van der Waals surface area contributed by atoms with Crippen LogP contribution in [0, 0.1) is 21.7 Å². The molecule has 0 aliphatic carbocycles. The number of hydrogen-bond donors (Lipinski definition) is 0. The predicted molar refractivity (Wildman–Crippen MR) is 267 cm³/mol. The predicted octanol–water partition coefficient (Wildman–Crippen LogP) is 13.4. The van der Waals surface area contributed by atoms with Crippen molar-refractivity contribution in [3.63, 3.8) is 0 Å². The summed E-state index contributed by atoms with van der Waals surface area (Å²) < 4.78 is 44.7. The van der Waals surface area contributed by atoms with E-state index in [1.165, 1.54) is 0 Å². The second-order valence-electron chi connectivity index (χ2n) is 20.5. The van der Waals surface area contributed by atoms with Gasteiger partial charge in [0.25, 0.3) is 11.9 Å². The van der Waals surface area contributed by atoms with Gasteiger partial charge in [-0.3, -0.25) is 19.2 Å². The highest BCUT2D eigenvalue weighted by Crippen LogP contribution is 2.41. The maximum absolute atomic E-state index is 13.1. The quantitative estimate of drug-likeness (QED) is 0.0339. The average Bonchev–Trinajstić information content (AvgIpc) is 3.24. The van der Waals surface area contributed by atoms with E-state index in [1.54, 1.807) is 139 Å². The fraction of sp³-hybridized carbons (Fsp3) is 0.418. The van der Waals surface area contributed by atoms with Gasteiger partial charge in [-0.15, -0.1) is 0 Å². The molecule has 68 heavy (non-hydrogen) atoms. The number of benzene rings is 4. The summed E-state index contributed by atoms with van der Waals surface area (Å²) >= 11 is 0. The number of ether oxygens (including phenoxy) is 7. The minimum atomic E-state index is -1.72. The van der Waals surface area contributed by atoms with Crippen molar-refractivity contribution >= 4 is 32.2 Å². The van der Waals surface area contributed by atoms with Crippen molar-refractivity contribution in [2.24, 2.45) is 21.7 Å². The molecule has 0 amide bonds. The number of para-hydroxylation sites is 2. The van der Waals surface area contributed by atoms with Crippen molar-refractivity contribution in [3.8, 4) is 34.5 Å². The summed E-state index contributed by atoms with van der Waals surface area (Å²) in [7, 11) is -1.72. The van der Waals surface area contributed by atoms with E-state index in [1.807, 2.05) is 46.8 Å². The zero-order valence-electron chi connectivity index (χ0n) is 42.5. The molecule has 2 unspecified atom stereocenters. The summed E-state index contributed by atoms with van der Waals surface area (Å²) in [5.74, 6) is 1.17. The summed E-state index contributed by atoms with van der Waals surface area (Å²) in [4.78, 5) is 51.9. The maximum atomic E-state index is 13.1. The molecule has 13 heteroatoms. The molecular formula is C55H72O12Si. The molecule has 0 spiro atoms. The summed E-state index contributed by atoms with van der Waals surface area (Å²) in [5, 5.41) is 0. The Morgan fingerprint density at radius 3 is 1.06 bits per heavy atom. The van der Waals surface area contributed by atoms with Gasteiger partial charge in [-0.25, -0.2) is 0 Å². The standard InChI is InChI=1S/C28H36O6.C27H36O6Si/c1-9-28(8,25(30)33-22-15-17-23(18-16-22)34-26(3,4)5)19-27(6,7)24(29)32-20(2)31-21-13-11-10-12-14-21;1-9-27(5,25(29)32-22-15-17-23(18-16-22)33-34(6,7)8)19-26(3,4)24(28)31-20(2)30-21-13-11-10-12-14-21/h2*10-18H,2,9,19H2,1,3-8H3. The fourth-order valence-electron chi connectivity index (χ4n) is 6.86. The van der Waals surface area contributed by atoms with Crippen LogP contribution in [0.2, 0.25) is 19.6 Å². The van der Waals surface area contributed by atoms with Gasteiger partial charge >= 0.3 is 23.9 Å². The molecule has 0 saturated heterocycles. The molecule has 4 rings (SSSR count). The van der Waals surface area contributed by atoms with Crippen LogP contribution < -0.4 is 28.1 Å². The monoisotopic (exact) mass is 952 g/mol. The molecule has 0 aliphatic heterocycles. The Kier molecular flexibility index (Phi) is 19.4. The second kappa shape index (κ2) is 23.6. The Morgan fingerprint density at radius 2 is 0.750 bits per heavy atom. The second-order valence-corrected chi connectivity index (χ2v) is 24.9. The lowest BCUT2D eigenvalue weighted by Crippen LogP contribution is -2.39. The highest BCUT2D eigenvalue weighted by atomic mass is 28.4. The number of hydrogen-bond acceptors (Lipinski definition) is 12. The van der Waals surface area contributed by atoms with Crippen LogP contribution in [0.1, 0.15) is 102 Å². The van der Waals surface area contributed by atoms with Crippen molar-refractivity contribution in [1.29, 1.82) is 0 Å². The van der Waals surface area contributed by atoms with Gasteiger partial charge < -0.3 is 37.6 Å². The van der Waals surface area contributed by atoms with Crippen molar-refractivity contribution < 1.29 is 56.8 Å². The molecule has 0 fully saturated rings. The molecule has 12 nitrogen and oxygen atoms in total. The smallest absolute Gasteiger partial charge is 0.319 e. The van der Waals surface area contributed by atoms with Crippen LogP contribution in [0.5, 0.6) is 34.5 Å². The number of esters is 4. The van der Waals surface area contributed by atoms with E-state index in [0.717, 1.165) is 5.75 Å². The van der Waals surface area contributed by atoms with E-state index in [4.69, 9.17) is 37.6 Å². The summed E-state index contributed by atoms with van der Waals surface area (Å²) in [5.41, 5.74) is -4.11. The Morgan fingerprint density at radius 1 is 0.441 bits per heavy atom. The average molecular weight is 953 g/mol. The Labute approximate surface area is 405 Å². The largest absolute Gasteiger partial charge is 0.544 e. The van der Waals surface area contributed by atoms with Crippen molar-refractivity contribution in [2.75, 3.05) is 0 Å². The summed E-state index contributed by atoms with van der Waals surface area (Å²) in [6.07, 6.45) is 1.41. The summed E-state index contributed by atoms with van der Waals surface area (Å²) in [6.45, 7) is 33.8. The molecule has 0 saturated carbocycles.